The van der Waals surface area contributed by atoms with Gasteiger partial charge >= 0.3 is 0 Å². The van der Waals surface area contributed by atoms with Crippen LogP contribution in [0.5, 0.6) is 0 Å². The van der Waals surface area contributed by atoms with E-state index < -0.39 is 0 Å². The fourth-order valence-corrected chi connectivity index (χ4v) is 2.80. The monoisotopic (exact) mass is 346 g/mol. The molecule has 0 aliphatic carbocycles. The van der Waals surface area contributed by atoms with Crippen LogP contribution >= 0.6 is 0 Å². The maximum atomic E-state index is 2.46. The van der Waals surface area contributed by atoms with E-state index in [1.54, 1.807) is 0 Å². The van der Waals surface area contributed by atoms with Crippen LogP contribution in [0.1, 0.15) is 124 Å². The molecule has 0 heterocycles. The van der Waals surface area contributed by atoms with Gasteiger partial charge in [-0.15, -0.1) is 0 Å². The number of rotatable bonds is 7. The molecule has 0 aromatic carbocycles. The summed E-state index contributed by atoms with van der Waals surface area (Å²) in [4.78, 5) is 0. The lowest BCUT2D eigenvalue weighted by Gasteiger charge is -2.35. The van der Waals surface area contributed by atoms with Gasteiger partial charge in [-0.2, -0.15) is 0 Å². The summed E-state index contributed by atoms with van der Waals surface area (Å²) in [5.41, 5.74) is 0. The molecule has 5 atom stereocenters. The maximum absolute atomic E-state index is 2.46. The summed E-state index contributed by atoms with van der Waals surface area (Å²) in [5, 5.41) is 0. The van der Waals surface area contributed by atoms with Gasteiger partial charge in [0.05, 0.1) is 0 Å². The summed E-state index contributed by atoms with van der Waals surface area (Å²) in [5.74, 6) is 5.07. The molecule has 0 amide bonds. The van der Waals surface area contributed by atoms with Crippen molar-refractivity contribution in [2.24, 2.45) is 35.5 Å². The Labute approximate surface area is 159 Å². The van der Waals surface area contributed by atoms with E-state index in [9.17, 15) is 0 Å². The second-order valence-electron chi connectivity index (χ2n) is 6.45. The normalized spacial score (nSPS) is 15.4. The molecule has 5 unspecified atom stereocenters. The van der Waals surface area contributed by atoms with Gasteiger partial charge in [0.1, 0.15) is 0 Å². The van der Waals surface area contributed by atoms with E-state index in [2.05, 4.69) is 55.4 Å². The average molecular weight is 347 g/mol. The zero-order chi connectivity index (χ0) is 20.9. The molecule has 0 aromatic heterocycles. The Balaban J connectivity index is -0.000000130. The second-order valence-corrected chi connectivity index (χ2v) is 6.45. The van der Waals surface area contributed by atoms with Gasteiger partial charge < -0.3 is 0 Å². The minimum atomic E-state index is 0.811. The van der Waals surface area contributed by atoms with Crippen LogP contribution in [-0.4, -0.2) is 0 Å². The quantitative estimate of drug-likeness (QED) is 0.430. The molecule has 0 bridgehead atoms. The van der Waals surface area contributed by atoms with Gasteiger partial charge in [0, 0.05) is 0 Å². The summed E-state index contributed by atoms with van der Waals surface area (Å²) in [7, 11) is 0. The SMILES string of the molecule is CC.CC.CC.CC.CCCC(C)C(C)C(C)C(C)C(C)C(C)C. The fourth-order valence-electron chi connectivity index (χ4n) is 2.80. The van der Waals surface area contributed by atoms with Gasteiger partial charge in [-0.25, -0.2) is 0 Å². The smallest absolute Gasteiger partial charge is 0.0386 e. The van der Waals surface area contributed by atoms with Crippen molar-refractivity contribution in [3.63, 3.8) is 0 Å². The predicted molar refractivity (Wildman–Crippen MR) is 121 cm³/mol. The minimum absolute atomic E-state index is 0.811. The molecule has 0 saturated heterocycles. The highest BCUT2D eigenvalue weighted by Crippen LogP contribution is 2.35. The lowest BCUT2D eigenvalue weighted by atomic mass is 9.70. The topological polar surface area (TPSA) is 0 Å². The van der Waals surface area contributed by atoms with Crippen LogP contribution in [-0.2, 0) is 0 Å². The van der Waals surface area contributed by atoms with Gasteiger partial charge in [-0.3, -0.25) is 0 Å². The summed E-state index contributed by atoms with van der Waals surface area (Å²) in [6.45, 7) is 35.2. The minimum Gasteiger partial charge on any atom is -0.0683 e. The van der Waals surface area contributed by atoms with Gasteiger partial charge in [0.15, 0.2) is 0 Å². The Morgan fingerprint density at radius 3 is 1.00 bits per heavy atom. The second kappa shape index (κ2) is 27.8. The van der Waals surface area contributed by atoms with E-state index in [0.29, 0.717) is 0 Å². The Bertz CT molecular complexity index is 171. The molecule has 0 radical (unpaired) electrons. The zero-order valence-electron chi connectivity index (χ0n) is 20.9. The van der Waals surface area contributed by atoms with Crippen LogP contribution in [0.3, 0.4) is 0 Å². The average Bonchev–Trinajstić information content (AvgIpc) is 2.65. The highest BCUT2D eigenvalue weighted by atomic mass is 14.3. The first kappa shape index (κ1) is 35.2. The first-order valence-electron chi connectivity index (χ1n) is 11.3. The molecule has 154 valence electrons. The number of hydrogen-bond acceptors (Lipinski definition) is 0. The molecule has 0 aliphatic rings. The van der Waals surface area contributed by atoms with Crippen molar-refractivity contribution in [3.8, 4) is 0 Å². The molecule has 0 aliphatic heterocycles. The standard InChI is InChI=1S/C16H34.4C2H6/c1-9-10-12(4)14(6)16(8)15(7)13(5)11(2)3;4*1-2/h11-16H,9-10H2,1-8H3;4*1-2H3. The molecular weight excluding hydrogens is 288 g/mol. The lowest BCUT2D eigenvalue weighted by Crippen LogP contribution is -2.28. The summed E-state index contributed by atoms with van der Waals surface area (Å²) in [6.07, 6.45) is 2.71. The van der Waals surface area contributed by atoms with Crippen molar-refractivity contribution in [2.75, 3.05) is 0 Å². The molecule has 0 nitrogen and oxygen atoms in total. The summed E-state index contributed by atoms with van der Waals surface area (Å²) < 4.78 is 0. The first-order chi connectivity index (χ1) is 11.3. The van der Waals surface area contributed by atoms with Crippen molar-refractivity contribution in [2.45, 2.75) is 124 Å². The molecule has 0 fully saturated rings. The van der Waals surface area contributed by atoms with Gasteiger partial charge in [-0.05, 0) is 35.5 Å². The van der Waals surface area contributed by atoms with Crippen molar-refractivity contribution in [1.82, 2.24) is 0 Å². The van der Waals surface area contributed by atoms with Gasteiger partial charge in [0.25, 0.3) is 0 Å². The van der Waals surface area contributed by atoms with Crippen molar-refractivity contribution in [3.05, 3.63) is 0 Å². The molecule has 0 spiro atoms. The highest BCUT2D eigenvalue weighted by Gasteiger charge is 2.27. The van der Waals surface area contributed by atoms with E-state index in [-0.39, 0.29) is 0 Å². The van der Waals surface area contributed by atoms with Crippen molar-refractivity contribution < 1.29 is 0 Å². The molecular formula is C24H58. The number of hydrogen-bond donors (Lipinski definition) is 0. The lowest BCUT2D eigenvalue weighted by molar-refractivity contribution is 0.140. The molecule has 0 saturated carbocycles. The van der Waals surface area contributed by atoms with E-state index in [1.165, 1.54) is 12.8 Å². The van der Waals surface area contributed by atoms with E-state index in [0.717, 1.165) is 35.5 Å². The first-order valence-corrected chi connectivity index (χ1v) is 11.3. The fraction of sp³-hybridized carbons (Fsp3) is 1.00. The Morgan fingerprint density at radius 1 is 0.458 bits per heavy atom. The van der Waals surface area contributed by atoms with Crippen LogP contribution < -0.4 is 0 Å². The van der Waals surface area contributed by atoms with Crippen LogP contribution in [0.4, 0.5) is 0 Å². The Kier molecular flexibility index (Phi) is 40.8. The van der Waals surface area contributed by atoms with Gasteiger partial charge in [0.2, 0.25) is 0 Å². The zero-order valence-corrected chi connectivity index (χ0v) is 20.9. The third-order valence-corrected chi connectivity index (χ3v) is 5.18. The largest absolute Gasteiger partial charge is 0.0683 e. The maximum Gasteiger partial charge on any atom is -0.0386 e. The van der Waals surface area contributed by atoms with E-state index in [1.807, 2.05) is 55.4 Å². The van der Waals surface area contributed by atoms with Gasteiger partial charge in [-0.1, -0.05) is 124 Å². The van der Waals surface area contributed by atoms with Crippen LogP contribution in [0.2, 0.25) is 0 Å². The molecule has 0 heteroatoms. The van der Waals surface area contributed by atoms with Crippen molar-refractivity contribution in [1.29, 1.82) is 0 Å². The summed E-state index contributed by atoms with van der Waals surface area (Å²) >= 11 is 0. The predicted octanol–water partition coefficient (Wildman–Crippen LogP) is 9.73. The molecule has 24 heavy (non-hydrogen) atoms. The van der Waals surface area contributed by atoms with E-state index >= 15 is 0 Å². The van der Waals surface area contributed by atoms with E-state index in [4.69, 9.17) is 0 Å². The highest BCUT2D eigenvalue weighted by molar-refractivity contribution is 4.76. The van der Waals surface area contributed by atoms with Crippen molar-refractivity contribution >= 4 is 0 Å². The third-order valence-electron chi connectivity index (χ3n) is 5.18. The molecule has 0 N–H and O–H groups in total. The summed E-state index contributed by atoms with van der Waals surface area (Å²) in [6, 6.07) is 0. The van der Waals surface area contributed by atoms with Crippen LogP contribution in [0.15, 0.2) is 0 Å². The molecule has 0 rings (SSSR count). The van der Waals surface area contributed by atoms with Crippen LogP contribution in [0, 0.1) is 35.5 Å². The Hall–Kier alpha value is 0. The Morgan fingerprint density at radius 2 is 0.750 bits per heavy atom. The third kappa shape index (κ3) is 18.3. The van der Waals surface area contributed by atoms with Crippen LogP contribution in [0.25, 0.3) is 0 Å². The molecule has 0 aromatic rings.